The van der Waals surface area contributed by atoms with Crippen LogP contribution < -0.4 is 5.73 Å². The molecule has 1 heterocycles. The fourth-order valence-corrected chi connectivity index (χ4v) is 2.78. The highest BCUT2D eigenvalue weighted by Gasteiger charge is 2.27. The summed E-state index contributed by atoms with van der Waals surface area (Å²) >= 11 is 0. The first-order valence-electron chi connectivity index (χ1n) is 6.26. The molecule has 1 aromatic rings. The van der Waals surface area contributed by atoms with Crippen molar-refractivity contribution in [3.8, 4) is 0 Å². The molecule has 1 saturated heterocycles. The lowest BCUT2D eigenvalue weighted by Crippen LogP contribution is -2.30. The predicted molar refractivity (Wildman–Crippen MR) is 71.5 cm³/mol. The predicted octanol–water partition coefficient (Wildman–Crippen LogP) is 2.64. The molecule has 5 nitrogen and oxygen atoms in total. The van der Waals surface area contributed by atoms with Gasteiger partial charge < -0.3 is 5.73 Å². The van der Waals surface area contributed by atoms with Crippen molar-refractivity contribution in [2.24, 2.45) is 0 Å². The molecule has 1 fully saturated rings. The van der Waals surface area contributed by atoms with Gasteiger partial charge in [0.25, 0.3) is 5.69 Å². The van der Waals surface area contributed by atoms with E-state index < -0.39 is 4.92 Å². The minimum Gasteiger partial charge on any atom is -0.393 e. The number of hydrogen-bond acceptors (Lipinski definition) is 4. The van der Waals surface area contributed by atoms with Gasteiger partial charge in [-0.05, 0) is 38.9 Å². The lowest BCUT2D eigenvalue weighted by atomic mass is 9.91. The standard InChI is InChI=1S/C13H19N3O2/c1-9-6-7-11(16(17)18)13(14)12(9)10-5-3-4-8-15(10)2/h6-7,10H,3-5,8,14H2,1-2H3. The Morgan fingerprint density at radius 3 is 2.78 bits per heavy atom. The molecule has 0 radical (unpaired) electrons. The second kappa shape index (κ2) is 4.94. The molecule has 1 unspecified atom stereocenters. The van der Waals surface area contributed by atoms with Crippen LogP contribution in [0.1, 0.15) is 36.4 Å². The summed E-state index contributed by atoms with van der Waals surface area (Å²) in [6.07, 6.45) is 3.35. The van der Waals surface area contributed by atoms with E-state index in [9.17, 15) is 10.1 Å². The van der Waals surface area contributed by atoms with Crippen LogP contribution in [-0.2, 0) is 0 Å². The van der Waals surface area contributed by atoms with Gasteiger partial charge in [-0.15, -0.1) is 0 Å². The van der Waals surface area contributed by atoms with E-state index in [0.29, 0.717) is 5.69 Å². The molecule has 0 spiro atoms. The molecule has 0 saturated carbocycles. The number of piperidine rings is 1. The van der Waals surface area contributed by atoms with Gasteiger partial charge in [-0.1, -0.05) is 12.5 Å². The summed E-state index contributed by atoms with van der Waals surface area (Å²) in [5.41, 5.74) is 8.34. The number of anilines is 1. The largest absolute Gasteiger partial charge is 0.393 e. The van der Waals surface area contributed by atoms with Gasteiger partial charge in [0.05, 0.1) is 4.92 Å². The number of hydrogen-bond donors (Lipinski definition) is 1. The van der Waals surface area contributed by atoms with Crippen molar-refractivity contribution in [1.29, 1.82) is 0 Å². The van der Waals surface area contributed by atoms with E-state index in [0.717, 1.165) is 30.5 Å². The van der Waals surface area contributed by atoms with E-state index in [1.54, 1.807) is 6.07 Å². The van der Waals surface area contributed by atoms with Crippen molar-refractivity contribution in [2.45, 2.75) is 32.2 Å². The van der Waals surface area contributed by atoms with Gasteiger partial charge >= 0.3 is 0 Å². The Labute approximate surface area is 107 Å². The van der Waals surface area contributed by atoms with Crippen LogP contribution in [0, 0.1) is 17.0 Å². The van der Waals surface area contributed by atoms with E-state index in [2.05, 4.69) is 11.9 Å². The van der Waals surface area contributed by atoms with Crippen LogP contribution in [0.2, 0.25) is 0 Å². The molecule has 1 aromatic carbocycles. The first-order chi connectivity index (χ1) is 8.52. The lowest BCUT2D eigenvalue weighted by Gasteiger charge is -2.34. The second-order valence-corrected chi connectivity index (χ2v) is 4.98. The van der Waals surface area contributed by atoms with Crippen LogP contribution in [0.4, 0.5) is 11.4 Å². The number of benzene rings is 1. The first kappa shape index (κ1) is 12.8. The molecule has 18 heavy (non-hydrogen) atoms. The summed E-state index contributed by atoms with van der Waals surface area (Å²) in [5.74, 6) is 0. The fourth-order valence-electron chi connectivity index (χ4n) is 2.78. The maximum atomic E-state index is 11.0. The third-order valence-corrected chi connectivity index (χ3v) is 3.78. The zero-order valence-corrected chi connectivity index (χ0v) is 10.8. The van der Waals surface area contributed by atoms with Gasteiger partial charge in [0.2, 0.25) is 0 Å². The number of nitro groups is 1. The molecule has 1 atom stereocenters. The molecule has 0 bridgehead atoms. The topological polar surface area (TPSA) is 72.4 Å². The van der Waals surface area contributed by atoms with Crippen LogP contribution in [0.3, 0.4) is 0 Å². The normalized spacial score (nSPS) is 20.9. The Bertz CT molecular complexity index is 474. The summed E-state index contributed by atoms with van der Waals surface area (Å²) in [4.78, 5) is 12.8. The van der Waals surface area contributed by atoms with Gasteiger partial charge in [0, 0.05) is 17.7 Å². The van der Waals surface area contributed by atoms with Crippen LogP contribution in [0.15, 0.2) is 12.1 Å². The Kier molecular flexibility index (Phi) is 3.52. The van der Waals surface area contributed by atoms with Gasteiger partial charge in [0.15, 0.2) is 0 Å². The SMILES string of the molecule is Cc1ccc([N+](=O)[O-])c(N)c1C1CCCCN1C. The number of aryl methyl sites for hydroxylation is 1. The number of nitrogen functional groups attached to an aromatic ring is 1. The highest BCUT2D eigenvalue weighted by molar-refractivity contribution is 5.66. The van der Waals surface area contributed by atoms with Crippen molar-refractivity contribution < 1.29 is 4.92 Å². The molecule has 1 aliphatic heterocycles. The highest BCUT2D eigenvalue weighted by Crippen LogP contribution is 2.38. The summed E-state index contributed by atoms with van der Waals surface area (Å²) in [7, 11) is 2.06. The minimum absolute atomic E-state index is 0.0228. The average Bonchev–Trinajstić information content (AvgIpc) is 2.31. The smallest absolute Gasteiger partial charge is 0.292 e. The van der Waals surface area contributed by atoms with Crippen molar-refractivity contribution in [3.63, 3.8) is 0 Å². The molecule has 2 rings (SSSR count). The number of rotatable bonds is 2. The van der Waals surface area contributed by atoms with Crippen LogP contribution in [0.25, 0.3) is 0 Å². The van der Waals surface area contributed by atoms with Crippen molar-refractivity contribution in [3.05, 3.63) is 33.4 Å². The first-order valence-corrected chi connectivity index (χ1v) is 6.26. The van der Waals surface area contributed by atoms with Crippen molar-refractivity contribution in [2.75, 3.05) is 19.3 Å². The maximum Gasteiger partial charge on any atom is 0.292 e. The zero-order chi connectivity index (χ0) is 13.3. The van der Waals surface area contributed by atoms with Gasteiger partial charge in [-0.25, -0.2) is 0 Å². The van der Waals surface area contributed by atoms with Gasteiger partial charge in [-0.3, -0.25) is 15.0 Å². The second-order valence-electron chi connectivity index (χ2n) is 4.98. The van der Waals surface area contributed by atoms with Crippen LogP contribution in [-0.4, -0.2) is 23.4 Å². The average molecular weight is 249 g/mol. The fraction of sp³-hybridized carbons (Fsp3) is 0.538. The third kappa shape index (κ3) is 2.18. The van der Waals surface area contributed by atoms with E-state index in [4.69, 9.17) is 5.73 Å². The summed E-state index contributed by atoms with van der Waals surface area (Å²) in [5, 5.41) is 11.0. The summed E-state index contributed by atoms with van der Waals surface area (Å²) in [6, 6.07) is 3.50. The Morgan fingerprint density at radius 1 is 1.44 bits per heavy atom. The third-order valence-electron chi connectivity index (χ3n) is 3.78. The molecule has 0 amide bonds. The van der Waals surface area contributed by atoms with E-state index >= 15 is 0 Å². The molecule has 0 aliphatic carbocycles. The quantitative estimate of drug-likeness (QED) is 0.497. The number of nitrogens with two attached hydrogens (primary N) is 1. The lowest BCUT2D eigenvalue weighted by molar-refractivity contribution is -0.384. The van der Waals surface area contributed by atoms with Crippen LogP contribution >= 0.6 is 0 Å². The molecule has 2 N–H and O–H groups in total. The van der Waals surface area contributed by atoms with Crippen molar-refractivity contribution >= 4 is 11.4 Å². The van der Waals surface area contributed by atoms with Gasteiger partial charge in [-0.2, -0.15) is 0 Å². The summed E-state index contributed by atoms with van der Waals surface area (Å²) in [6.45, 7) is 2.99. The molecule has 1 aliphatic rings. The molecule has 98 valence electrons. The zero-order valence-electron chi connectivity index (χ0n) is 10.8. The van der Waals surface area contributed by atoms with Crippen LogP contribution in [0.5, 0.6) is 0 Å². The monoisotopic (exact) mass is 249 g/mol. The maximum absolute atomic E-state index is 11.0. The number of nitro benzene ring substituents is 1. The molecule has 0 aromatic heterocycles. The number of nitrogens with zero attached hydrogens (tertiary/aromatic N) is 2. The van der Waals surface area contributed by atoms with E-state index in [-0.39, 0.29) is 11.7 Å². The summed E-state index contributed by atoms with van der Waals surface area (Å²) < 4.78 is 0. The van der Waals surface area contributed by atoms with Crippen molar-refractivity contribution in [1.82, 2.24) is 4.90 Å². The Hall–Kier alpha value is -1.62. The van der Waals surface area contributed by atoms with Gasteiger partial charge in [0.1, 0.15) is 5.69 Å². The molecule has 5 heteroatoms. The minimum atomic E-state index is -0.402. The molecular weight excluding hydrogens is 230 g/mol. The van der Waals surface area contributed by atoms with E-state index in [1.807, 2.05) is 6.92 Å². The Balaban J connectivity index is 2.48. The Morgan fingerprint density at radius 2 is 2.17 bits per heavy atom. The highest BCUT2D eigenvalue weighted by atomic mass is 16.6. The van der Waals surface area contributed by atoms with E-state index in [1.165, 1.54) is 12.5 Å². The molecular formula is C13H19N3O2. The number of likely N-dealkylation sites (tertiary alicyclic amines) is 1.